The topological polar surface area (TPSA) is 21.1 Å². The molecule has 0 N–H and O–H groups in total. The Labute approximate surface area is 324 Å². The highest BCUT2D eigenvalue weighted by molar-refractivity contribution is 6.09. The molecule has 1 aliphatic heterocycles. The number of anilines is 2. The van der Waals surface area contributed by atoms with E-state index in [1.54, 1.807) is 11.1 Å². The van der Waals surface area contributed by atoms with E-state index in [0.29, 0.717) is 0 Å². The summed E-state index contributed by atoms with van der Waals surface area (Å²) < 4.78 is 2.42. The lowest BCUT2D eigenvalue weighted by atomic mass is 9.50. The minimum atomic E-state index is -0.396. The average molecular weight is 712 g/mol. The number of fused-ring (bicyclic) bond motifs is 3. The minimum Gasteiger partial charge on any atom is -0.328 e. The van der Waals surface area contributed by atoms with Crippen molar-refractivity contribution in [1.29, 1.82) is 0 Å². The second kappa shape index (κ2) is 10.9. The van der Waals surface area contributed by atoms with Gasteiger partial charge in [0.2, 0.25) is 0 Å². The molecule has 0 saturated carbocycles. The number of rotatable bonds is 4. The normalized spacial score (nSPS) is 25.7. The van der Waals surface area contributed by atoms with Crippen molar-refractivity contribution in [3.63, 3.8) is 0 Å². The molecule has 0 bridgehead atoms. The maximum absolute atomic E-state index is 4.40. The van der Waals surface area contributed by atoms with Crippen LogP contribution in [0.1, 0.15) is 58.2 Å². The zero-order valence-electron chi connectivity index (χ0n) is 32.4. The molecular formula is C52H45N3. The fraction of sp³-hybridized carbons (Fsp3) is 0.212. The van der Waals surface area contributed by atoms with Crippen molar-refractivity contribution < 1.29 is 0 Å². The maximum atomic E-state index is 4.40. The molecule has 7 aromatic rings. The number of hydrogen-bond acceptors (Lipinski definition) is 2. The monoisotopic (exact) mass is 711 g/mol. The molecule has 4 aliphatic rings. The molecule has 268 valence electrons. The fourth-order valence-electron chi connectivity index (χ4n) is 11.7. The van der Waals surface area contributed by atoms with Gasteiger partial charge in [-0.25, -0.2) is 0 Å². The van der Waals surface area contributed by atoms with Crippen molar-refractivity contribution in [3.05, 3.63) is 191 Å². The van der Waals surface area contributed by atoms with E-state index >= 15 is 0 Å². The summed E-state index contributed by atoms with van der Waals surface area (Å²) in [6.07, 6.45) is 11.5. The van der Waals surface area contributed by atoms with Crippen LogP contribution < -0.4 is 4.90 Å². The van der Waals surface area contributed by atoms with Crippen LogP contribution in [-0.2, 0) is 16.2 Å². The van der Waals surface area contributed by atoms with Crippen LogP contribution in [0.3, 0.4) is 0 Å². The molecule has 0 radical (unpaired) electrons. The van der Waals surface area contributed by atoms with Gasteiger partial charge in [-0.15, -0.1) is 0 Å². The van der Waals surface area contributed by atoms with Gasteiger partial charge < -0.3 is 9.47 Å². The summed E-state index contributed by atoms with van der Waals surface area (Å²) in [5.41, 5.74) is 16.3. The third kappa shape index (κ3) is 4.03. The van der Waals surface area contributed by atoms with Gasteiger partial charge in [-0.05, 0) is 126 Å². The predicted octanol–water partition coefficient (Wildman–Crippen LogP) is 12.7. The third-order valence-electron chi connectivity index (χ3n) is 14.0. The van der Waals surface area contributed by atoms with Gasteiger partial charge in [0, 0.05) is 56.5 Å². The second-order valence-electron chi connectivity index (χ2n) is 17.3. The molecule has 5 aromatic carbocycles. The molecule has 4 atom stereocenters. The summed E-state index contributed by atoms with van der Waals surface area (Å²) in [7, 11) is 0. The van der Waals surface area contributed by atoms with Gasteiger partial charge in [0.15, 0.2) is 0 Å². The molecule has 0 amide bonds. The Hall–Kier alpha value is -5.93. The lowest BCUT2D eigenvalue weighted by molar-refractivity contribution is 0.417. The SMILES string of the molecule is CC1C=C2C(C)(C)c3cccc4c3C2(C)C2=C1C(C)(c1ccc3c(c1)c1ccccc1n3-c1ccccc1)C=CC2(C)N4c1ccc(-c2cccnc2)cc1. The molecule has 3 aliphatic carbocycles. The highest BCUT2D eigenvalue weighted by atomic mass is 15.2. The number of allylic oxidation sites excluding steroid dienone is 4. The van der Waals surface area contributed by atoms with E-state index in [9.17, 15) is 0 Å². The van der Waals surface area contributed by atoms with Crippen LogP contribution in [-0.4, -0.2) is 15.1 Å². The summed E-state index contributed by atoms with van der Waals surface area (Å²) in [5.74, 6) is 0.249. The Balaban J connectivity index is 1.16. The summed E-state index contributed by atoms with van der Waals surface area (Å²) >= 11 is 0. The summed E-state index contributed by atoms with van der Waals surface area (Å²) in [6, 6.07) is 47.3. The predicted molar refractivity (Wildman–Crippen MR) is 229 cm³/mol. The molecule has 0 saturated heterocycles. The largest absolute Gasteiger partial charge is 0.328 e. The van der Waals surface area contributed by atoms with Crippen molar-refractivity contribution in [2.24, 2.45) is 5.92 Å². The van der Waals surface area contributed by atoms with Crippen molar-refractivity contribution in [3.8, 4) is 16.8 Å². The summed E-state index contributed by atoms with van der Waals surface area (Å²) in [5, 5.41) is 2.58. The Kier molecular flexibility index (Phi) is 6.41. The number of para-hydroxylation sites is 2. The number of pyridine rings is 1. The van der Waals surface area contributed by atoms with Crippen molar-refractivity contribution >= 4 is 33.2 Å². The molecule has 3 nitrogen and oxygen atoms in total. The first kappa shape index (κ1) is 32.5. The molecule has 0 spiro atoms. The third-order valence-corrected chi connectivity index (χ3v) is 14.0. The molecule has 2 aromatic heterocycles. The molecule has 3 heteroatoms. The minimum absolute atomic E-state index is 0.0935. The van der Waals surface area contributed by atoms with E-state index in [0.717, 1.165) is 5.56 Å². The molecule has 0 fully saturated rings. The van der Waals surface area contributed by atoms with E-state index in [1.807, 2.05) is 18.5 Å². The molecule has 4 unspecified atom stereocenters. The van der Waals surface area contributed by atoms with Gasteiger partial charge in [0.05, 0.1) is 16.6 Å². The second-order valence-corrected chi connectivity index (χ2v) is 17.3. The van der Waals surface area contributed by atoms with Gasteiger partial charge >= 0.3 is 0 Å². The van der Waals surface area contributed by atoms with Crippen LogP contribution >= 0.6 is 0 Å². The van der Waals surface area contributed by atoms with Crippen LogP contribution in [0.15, 0.2) is 175 Å². The van der Waals surface area contributed by atoms with Gasteiger partial charge in [-0.1, -0.05) is 112 Å². The van der Waals surface area contributed by atoms with E-state index in [2.05, 4.69) is 196 Å². The lowest BCUT2D eigenvalue weighted by Crippen LogP contribution is -2.58. The number of nitrogens with zero attached hydrogens (tertiary/aromatic N) is 3. The van der Waals surface area contributed by atoms with E-state index in [1.165, 1.54) is 66.7 Å². The van der Waals surface area contributed by atoms with Gasteiger partial charge in [0.25, 0.3) is 0 Å². The van der Waals surface area contributed by atoms with Crippen molar-refractivity contribution in [2.75, 3.05) is 4.90 Å². The Morgan fingerprint density at radius 2 is 1.40 bits per heavy atom. The van der Waals surface area contributed by atoms with Gasteiger partial charge in [0.1, 0.15) is 0 Å². The van der Waals surface area contributed by atoms with Crippen molar-refractivity contribution in [1.82, 2.24) is 9.55 Å². The first-order valence-electron chi connectivity index (χ1n) is 19.8. The van der Waals surface area contributed by atoms with E-state index < -0.39 is 5.54 Å². The van der Waals surface area contributed by atoms with E-state index in [-0.39, 0.29) is 22.2 Å². The Morgan fingerprint density at radius 3 is 2.18 bits per heavy atom. The molecule has 3 heterocycles. The van der Waals surface area contributed by atoms with Crippen LogP contribution in [0.5, 0.6) is 0 Å². The average Bonchev–Trinajstić information content (AvgIpc) is 3.63. The Morgan fingerprint density at radius 1 is 0.636 bits per heavy atom. The first-order valence-corrected chi connectivity index (χ1v) is 19.8. The summed E-state index contributed by atoms with van der Waals surface area (Å²) in [6.45, 7) is 14.9. The van der Waals surface area contributed by atoms with Crippen molar-refractivity contribution in [2.45, 2.75) is 63.3 Å². The first-order chi connectivity index (χ1) is 26.6. The highest BCUT2D eigenvalue weighted by Crippen LogP contribution is 2.70. The Bertz CT molecular complexity index is 2840. The number of benzene rings is 5. The zero-order valence-corrected chi connectivity index (χ0v) is 32.4. The lowest BCUT2D eigenvalue weighted by Gasteiger charge is -2.60. The van der Waals surface area contributed by atoms with Crippen LogP contribution in [0, 0.1) is 5.92 Å². The van der Waals surface area contributed by atoms with Gasteiger partial charge in [-0.3, -0.25) is 4.98 Å². The van der Waals surface area contributed by atoms with Gasteiger partial charge in [-0.2, -0.15) is 0 Å². The molecular weight excluding hydrogens is 667 g/mol. The van der Waals surface area contributed by atoms with E-state index in [4.69, 9.17) is 0 Å². The smallest absolute Gasteiger partial charge is 0.0833 e. The fourth-order valence-corrected chi connectivity index (χ4v) is 11.7. The zero-order chi connectivity index (χ0) is 37.5. The quantitative estimate of drug-likeness (QED) is 0.170. The van der Waals surface area contributed by atoms with Crippen LogP contribution in [0.4, 0.5) is 11.4 Å². The van der Waals surface area contributed by atoms with Crippen LogP contribution in [0.25, 0.3) is 38.6 Å². The molecule has 11 rings (SSSR count). The molecule has 55 heavy (non-hydrogen) atoms. The number of hydrogen-bond donors (Lipinski definition) is 0. The summed E-state index contributed by atoms with van der Waals surface area (Å²) in [4.78, 5) is 7.05. The van der Waals surface area contributed by atoms with Crippen LogP contribution in [0.2, 0.25) is 0 Å². The maximum Gasteiger partial charge on any atom is 0.0833 e. The standard InChI is InChI=1S/C52H45N3/c1-33-30-45-49(2,3)41-18-12-20-44-47(41)52(45,6)48-46(33)50(4,27-28-51(48,5)55(44)38-24-21-34(22-25-38)35-14-13-29-53-32-35)36-23-26-43-40(31-36)39-17-10-11-19-42(39)54(43)37-15-8-7-9-16-37/h7-33H,1-6H3. The number of aromatic nitrogens is 2. The highest BCUT2D eigenvalue weighted by Gasteiger charge is 2.64.